The van der Waals surface area contributed by atoms with Crippen LogP contribution in [0.3, 0.4) is 0 Å². The van der Waals surface area contributed by atoms with E-state index < -0.39 is 30.3 Å². The van der Waals surface area contributed by atoms with Gasteiger partial charge in [0.15, 0.2) is 0 Å². The average Bonchev–Trinajstić information content (AvgIpc) is 3.44. The van der Waals surface area contributed by atoms with Gasteiger partial charge >= 0.3 is 162 Å². The number of carbonyl (C=O) groups excluding carboxylic acids is 3. The minimum absolute atomic E-state index is 1.30. The summed E-state index contributed by atoms with van der Waals surface area (Å²) in [6.07, 6.45) is 0. The van der Waals surface area contributed by atoms with E-state index in [1.54, 1.807) is 0 Å². The van der Waals surface area contributed by atoms with Crippen LogP contribution in [0.25, 0.3) is 0 Å². The Morgan fingerprint density at radius 1 is 0.516 bits per heavy atom. The molecule has 0 aliphatic heterocycles. The molecular formula is C26H20GeO3W-. The predicted octanol–water partition coefficient (Wildman–Crippen LogP) is 2.41. The molecule has 4 rings (SSSR count). The van der Waals surface area contributed by atoms with Gasteiger partial charge in [0.1, 0.15) is 0 Å². The zero-order valence-electron chi connectivity index (χ0n) is 16.7. The fraction of sp³-hybridized carbons (Fsp3) is 0. The summed E-state index contributed by atoms with van der Waals surface area (Å²) in [7, 11) is 0. The molecule has 0 aliphatic carbocycles. The van der Waals surface area contributed by atoms with Crippen molar-refractivity contribution in [3.8, 4) is 0 Å². The second kappa shape index (κ2) is 14.9. The quantitative estimate of drug-likeness (QED) is 0.257. The third-order valence-electron chi connectivity index (χ3n) is 3.99. The van der Waals surface area contributed by atoms with Crippen molar-refractivity contribution < 1.29 is 30.3 Å². The third-order valence-corrected chi connectivity index (χ3v) is 11.5. The number of rotatable bonds is 3. The standard InChI is InChI=1S/C18H15Ge.C5H5.3CO.W/c1-4-10-16(11-5-1)19(17-12-6-2-7-13-17)18-14-8-3-9-15-18;1-2-4-5-3-1;3*1-2;/h1-15H;1-5H;;;;/q;-1;;;;. The molecule has 3 nitrogen and oxygen atoms in total. The Labute approximate surface area is 191 Å². The molecule has 1 radical (unpaired) electrons. The van der Waals surface area contributed by atoms with E-state index >= 15 is 0 Å². The van der Waals surface area contributed by atoms with E-state index in [0.29, 0.717) is 0 Å². The third kappa shape index (κ3) is 8.70. The Kier molecular flexibility index (Phi) is 11.6. The molecule has 31 heavy (non-hydrogen) atoms. The first-order valence-corrected chi connectivity index (χ1v) is 16.9. The molecule has 0 N–H and O–H groups in total. The maximum atomic E-state index is 9.40. The van der Waals surface area contributed by atoms with Gasteiger partial charge in [0.05, 0.1) is 0 Å². The Morgan fingerprint density at radius 2 is 0.839 bits per heavy atom. The van der Waals surface area contributed by atoms with Gasteiger partial charge in [-0.1, -0.05) is 0 Å². The Bertz CT molecular complexity index is 1080. The molecule has 0 saturated carbocycles. The molecule has 153 valence electrons. The summed E-state index contributed by atoms with van der Waals surface area (Å²) in [6.45, 7) is 0. The molecule has 0 heterocycles. The van der Waals surface area contributed by atoms with Gasteiger partial charge in [-0.2, -0.15) is 18.2 Å². The van der Waals surface area contributed by atoms with Crippen LogP contribution in [0.1, 0.15) is 0 Å². The summed E-state index contributed by atoms with van der Waals surface area (Å²) >= 11 is -4.68. The molecular weight excluding hydrogens is 617 g/mol. The molecule has 4 aromatic carbocycles. The van der Waals surface area contributed by atoms with Gasteiger partial charge in [0.25, 0.3) is 0 Å². The van der Waals surface area contributed by atoms with Crippen LogP contribution in [0.4, 0.5) is 0 Å². The first-order valence-electron chi connectivity index (χ1n) is 9.37. The van der Waals surface area contributed by atoms with Gasteiger partial charge in [-0.15, -0.1) is 0 Å². The van der Waals surface area contributed by atoms with Crippen LogP contribution in [0.15, 0.2) is 121 Å². The molecule has 0 aliphatic rings. The molecule has 4 aromatic rings. The molecule has 5 heteroatoms. The van der Waals surface area contributed by atoms with Crippen LogP contribution in [0.2, 0.25) is 0 Å². The fourth-order valence-electron chi connectivity index (χ4n) is 2.69. The van der Waals surface area contributed by atoms with Crippen LogP contribution in [-0.4, -0.2) is 27.1 Å². The molecule has 0 atom stereocenters. The molecule has 0 amide bonds. The Morgan fingerprint density at radius 3 is 1.03 bits per heavy atom. The van der Waals surface area contributed by atoms with Gasteiger partial charge in [-0.3, -0.25) is 0 Å². The number of hydrogen-bond donors (Lipinski definition) is 0. The van der Waals surface area contributed by atoms with Crippen LogP contribution in [0.5, 0.6) is 0 Å². The second-order valence-electron chi connectivity index (χ2n) is 5.99. The number of benzene rings is 3. The van der Waals surface area contributed by atoms with Crippen molar-refractivity contribution in [3.05, 3.63) is 121 Å². The van der Waals surface area contributed by atoms with E-state index in [1.807, 2.05) is 30.3 Å². The van der Waals surface area contributed by atoms with Crippen LogP contribution >= 0.6 is 0 Å². The van der Waals surface area contributed by atoms with Crippen molar-refractivity contribution in [2.75, 3.05) is 0 Å². The molecule has 0 fully saturated rings. The van der Waals surface area contributed by atoms with Gasteiger partial charge in [-0.05, 0) is 0 Å². The fourth-order valence-corrected chi connectivity index (χ4v) is 8.46. The van der Waals surface area contributed by atoms with Crippen LogP contribution in [0, 0.1) is 0 Å². The average molecular weight is 637 g/mol. The van der Waals surface area contributed by atoms with E-state index in [9.17, 15) is 14.4 Å². The topological polar surface area (TPSA) is 51.2 Å². The van der Waals surface area contributed by atoms with E-state index in [-0.39, 0.29) is 0 Å². The van der Waals surface area contributed by atoms with Crippen molar-refractivity contribution in [2.45, 2.75) is 0 Å². The van der Waals surface area contributed by atoms with Crippen molar-refractivity contribution in [3.63, 3.8) is 0 Å². The second-order valence-corrected chi connectivity index (χ2v) is 15.2. The van der Waals surface area contributed by atoms with Crippen LogP contribution < -0.4 is 13.2 Å². The van der Waals surface area contributed by atoms with E-state index in [1.165, 1.54) is 26.0 Å². The Balaban J connectivity index is 0.000000234. The van der Waals surface area contributed by atoms with E-state index in [2.05, 4.69) is 91.0 Å². The summed E-state index contributed by atoms with van der Waals surface area (Å²) in [5.74, 6) is 0. The Hall–Kier alpha value is -3.02. The van der Waals surface area contributed by atoms with Crippen molar-refractivity contribution in [1.82, 2.24) is 0 Å². The normalized spacial score (nSPS) is 8.94. The molecule has 0 bridgehead atoms. The first kappa shape index (κ1) is 24.3. The van der Waals surface area contributed by atoms with Crippen molar-refractivity contribution >= 4 is 40.3 Å². The van der Waals surface area contributed by atoms with Crippen molar-refractivity contribution in [2.24, 2.45) is 0 Å². The predicted molar refractivity (Wildman–Crippen MR) is 123 cm³/mol. The van der Waals surface area contributed by atoms with Crippen LogP contribution in [-0.2, 0) is 30.3 Å². The monoisotopic (exact) mass is 638 g/mol. The van der Waals surface area contributed by atoms with E-state index in [0.717, 1.165) is 0 Å². The molecule has 0 unspecified atom stereocenters. The van der Waals surface area contributed by atoms with E-state index in [4.69, 9.17) is 0 Å². The SMILES string of the molecule is O=[C]=[W](=[C]=O)=[C]=O.c1cc[cH-]c1.c1cc[c]([Ge]([c]2ccccc2)[c]2ccccc2)cc1. The zero-order valence-corrected chi connectivity index (χ0v) is 21.7. The van der Waals surface area contributed by atoms with Gasteiger partial charge in [-0.25, -0.2) is 12.1 Å². The minimum atomic E-state index is -3.05. The summed E-state index contributed by atoms with van der Waals surface area (Å²) in [5.41, 5.74) is 0. The maximum absolute atomic E-state index is 9.40. The zero-order chi connectivity index (χ0) is 22.2. The van der Waals surface area contributed by atoms with Gasteiger partial charge in [0.2, 0.25) is 0 Å². The number of hydrogen-bond acceptors (Lipinski definition) is 3. The summed E-state index contributed by atoms with van der Waals surface area (Å²) in [4.78, 5) is 28.2. The van der Waals surface area contributed by atoms with Crippen molar-refractivity contribution in [1.29, 1.82) is 0 Å². The summed E-state index contributed by atoms with van der Waals surface area (Å²) < 4.78 is 8.40. The molecule has 0 spiro atoms. The molecule has 0 aromatic heterocycles. The van der Waals surface area contributed by atoms with Gasteiger partial charge < -0.3 is 0 Å². The summed E-state index contributed by atoms with van der Waals surface area (Å²) in [5, 5.41) is 0. The first-order chi connectivity index (χ1) is 15.3. The van der Waals surface area contributed by atoms with Gasteiger partial charge in [0, 0.05) is 0 Å². The summed E-state index contributed by atoms with van der Waals surface area (Å²) in [6, 6.07) is 42.8. The molecule has 0 saturated heterocycles.